The highest BCUT2D eigenvalue weighted by atomic mass is 32.1. The summed E-state index contributed by atoms with van der Waals surface area (Å²) < 4.78 is 11.6. The summed E-state index contributed by atoms with van der Waals surface area (Å²) in [6.07, 6.45) is 1.25. The van der Waals surface area contributed by atoms with Crippen LogP contribution in [-0.4, -0.2) is 28.0 Å². The molecule has 0 aliphatic rings. The van der Waals surface area contributed by atoms with Gasteiger partial charge in [-0.3, -0.25) is 14.2 Å². The number of nitrogens with zero attached hydrogens (tertiary/aromatic N) is 2. The lowest BCUT2D eigenvalue weighted by atomic mass is 10.0. The highest BCUT2D eigenvalue weighted by Crippen LogP contribution is 2.26. The second-order valence-corrected chi connectivity index (χ2v) is 7.90. The summed E-state index contributed by atoms with van der Waals surface area (Å²) in [5.74, 6) is -0.537. The fourth-order valence-corrected chi connectivity index (χ4v) is 4.06. The molecule has 1 amide bonds. The van der Waals surface area contributed by atoms with Gasteiger partial charge in [0.05, 0.1) is 12.6 Å². The summed E-state index contributed by atoms with van der Waals surface area (Å²) in [5.41, 5.74) is -0.430. The molecule has 3 heterocycles. The fourth-order valence-electron chi connectivity index (χ4n) is 3.11. The van der Waals surface area contributed by atoms with Crippen molar-refractivity contribution in [1.82, 2.24) is 14.9 Å². The monoisotopic (exact) mass is 417 g/mol. The number of esters is 1. The van der Waals surface area contributed by atoms with Crippen LogP contribution in [0.4, 0.5) is 0 Å². The smallest absolute Gasteiger partial charge is 0.342 e. The van der Waals surface area contributed by atoms with Crippen LogP contribution in [0.2, 0.25) is 0 Å². The molecule has 0 saturated heterocycles. The molecule has 0 fully saturated rings. The topological polar surface area (TPSA) is 103 Å². The Balaban J connectivity index is 1.89. The predicted octanol–water partition coefficient (Wildman–Crippen LogP) is 3.05. The molecule has 1 N–H and O–H groups in total. The number of hydrogen-bond acceptors (Lipinski definition) is 7. The third kappa shape index (κ3) is 4.24. The molecule has 0 aliphatic carbocycles. The number of fused-ring (bicyclic) bond motifs is 1. The maximum atomic E-state index is 12.9. The lowest BCUT2D eigenvalue weighted by Crippen LogP contribution is -2.36. The van der Waals surface area contributed by atoms with Gasteiger partial charge in [0.2, 0.25) is 11.6 Å². The SMILES string of the molecule is CCOC(=O)c1c(C)oc2ncn(CC(=O)N[C@H](c3cccs3)C(C)C)c(=O)c12. The van der Waals surface area contributed by atoms with Crippen LogP contribution < -0.4 is 10.9 Å². The minimum absolute atomic E-state index is 0.0231. The molecule has 29 heavy (non-hydrogen) atoms. The summed E-state index contributed by atoms with van der Waals surface area (Å²) in [7, 11) is 0. The van der Waals surface area contributed by atoms with Crippen molar-refractivity contribution in [3.63, 3.8) is 0 Å². The van der Waals surface area contributed by atoms with E-state index in [-0.39, 0.29) is 53.4 Å². The van der Waals surface area contributed by atoms with Crippen LogP contribution in [0, 0.1) is 12.8 Å². The predicted molar refractivity (Wildman–Crippen MR) is 109 cm³/mol. The van der Waals surface area contributed by atoms with Crippen LogP contribution in [0.3, 0.4) is 0 Å². The minimum Gasteiger partial charge on any atom is -0.462 e. The number of amides is 1. The van der Waals surface area contributed by atoms with Gasteiger partial charge in [-0.15, -0.1) is 11.3 Å². The van der Waals surface area contributed by atoms with E-state index in [4.69, 9.17) is 9.15 Å². The molecule has 0 unspecified atom stereocenters. The van der Waals surface area contributed by atoms with Crippen molar-refractivity contribution in [2.24, 2.45) is 5.92 Å². The van der Waals surface area contributed by atoms with Crippen molar-refractivity contribution in [2.75, 3.05) is 6.61 Å². The van der Waals surface area contributed by atoms with Crippen LogP contribution in [-0.2, 0) is 16.1 Å². The van der Waals surface area contributed by atoms with Gasteiger partial charge in [0.1, 0.15) is 29.6 Å². The minimum atomic E-state index is -0.651. The van der Waals surface area contributed by atoms with E-state index in [0.717, 1.165) is 4.88 Å². The Kier molecular flexibility index (Phi) is 6.17. The van der Waals surface area contributed by atoms with E-state index < -0.39 is 11.5 Å². The van der Waals surface area contributed by atoms with Gasteiger partial charge in [-0.05, 0) is 31.2 Å². The van der Waals surface area contributed by atoms with Gasteiger partial charge in [0.15, 0.2) is 0 Å². The van der Waals surface area contributed by atoms with Crippen molar-refractivity contribution in [2.45, 2.75) is 40.3 Å². The Bertz CT molecular complexity index is 1080. The standard InChI is InChI=1S/C20H23N3O5S/c1-5-27-20(26)15-12(4)28-18-16(15)19(25)23(10-21-18)9-14(24)22-17(11(2)3)13-7-6-8-29-13/h6-8,10-11,17H,5,9H2,1-4H3,(H,22,24)/t17-/m0/s1. The molecular formula is C20H23N3O5S. The van der Waals surface area contributed by atoms with Crippen molar-refractivity contribution < 1.29 is 18.7 Å². The normalized spacial score (nSPS) is 12.3. The van der Waals surface area contributed by atoms with Crippen LogP contribution in [0.15, 0.2) is 33.1 Å². The summed E-state index contributed by atoms with van der Waals surface area (Å²) in [4.78, 5) is 42.9. The zero-order chi connectivity index (χ0) is 21.1. The van der Waals surface area contributed by atoms with Crippen molar-refractivity contribution in [1.29, 1.82) is 0 Å². The molecule has 0 saturated carbocycles. The van der Waals surface area contributed by atoms with E-state index in [2.05, 4.69) is 10.3 Å². The first-order chi connectivity index (χ1) is 13.8. The molecule has 0 radical (unpaired) electrons. The number of hydrogen-bond donors (Lipinski definition) is 1. The highest BCUT2D eigenvalue weighted by molar-refractivity contribution is 7.10. The average molecular weight is 417 g/mol. The Labute approximate surface area is 171 Å². The third-order valence-corrected chi connectivity index (χ3v) is 5.44. The number of aryl methyl sites for hydroxylation is 1. The lowest BCUT2D eigenvalue weighted by molar-refractivity contribution is -0.122. The van der Waals surface area contributed by atoms with E-state index in [0.29, 0.717) is 0 Å². The van der Waals surface area contributed by atoms with Gasteiger partial charge in [-0.1, -0.05) is 19.9 Å². The first kappa shape index (κ1) is 20.8. The molecule has 9 heteroatoms. The highest BCUT2D eigenvalue weighted by Gasteiger charge is 2.25. The molecule has 1 atom stereocenters. The van der Waals surface area contributed by atoms with Crippen molar-refractivity contribution in [3.8, 4) is 0 Å². The van der Waals surface area contributed by atoms with E-state index in [1.807, 2.05) is 31.4 Å². The molecular weight excluding hydrogens is 394 g/mol. The molecule has 3 rings (SSSR count). The Morgan fingerprint density at radius 3 is 2.76 bits per heavy atom. The van der Waals surface area contributed by atoms with Gasteiger partial charge in [-0.25, -0.2) is 9.78 Å². The van der Waals surface area contributed by atoms with Gasteiger partial charge in [-0.2, -0.15) is 0 Å². The largest absolute Gasteiger partial charge is 0.462 e. The second-order valence-electron chi connectivity index (χ2n) is 6.92. The Morgan fingerprint density at radius 1 is 1.38 bits per heavy atom. The van der Waals surface area contributed by atoms with Crippen LogP contribution in [0.1, 0.15) is 47.8 Å². The molecule has 0 spiro atoms. The molecule has 0 bridgehead atoms. The first-order valence-electron chi connectivity index (χ1n) is 9.31. The Hall–Kier alpha value is -2.94. The number of carbonyl (C=O) groups is 2. The maximum absolute atomic E-state index is 12.9. The number of rotatable bonds is 7. The number of nitrogens with one attached hydrogen (secondary N) is 1. The van der Waals surface area contributed by atoms with Gasteiger partial charge in [0.25, 0.3) is 5.56 Å². The van der Waals surface area contributed by atoms with Crippen LogP contribution in [0.5, 0.6) is 0 Å². The quantitative estimate of drug-likeness (QED) is 0.593. The summed E-state index contributed by atoms with van der Waals surface area (Å²) in [6.45, 7) is 7.23. The van der Waals surface area contributed by atoms with Gasteiger partial charge < -0.3 is 14.5 Å². The van der Waals surface area contributed by atoms with Crippen molar-refractivity contribution in [3.05, 3.63) is 50.4 Å². The first-order valence-corrected chi connectivity index (χ1v) is 10.2. The summed E-state index contributed by atoms with van der Waals surface area (Å²) >= 11 is 1.57. The van der Waals surface area contributed by atoms with E-state index in [9.17, 15) is 14.4 Å². The van der Waals surface area contributed by atoms with Crippen LogP contribution >= 0.6 is 11.3 Å². The zero-order valence-electron chi connectivity index (χ0n) is 16.7. The van der Waals surface area contributed by atoms with Gasteiger partial charge >= 0.3 is 5.97 Å². The van der Waals surface area contributed by atoms with E-state index >= 15 is 0 Å². The summed E-state index contributed by atoms with van der Waals surface area (Å²) in [5, 5.41) is 4.95. The second kappa shape index (κ2) is 8.60. The molecule has 8 nitrogen and oxygen atoms in total. The zero-order valence-corrected chi connectivity index (χ0v) is 17.5. The third-order valence-electron chi connectivity index (χ3n) is 4.48. The number of ether oxygens (including phenoxy) is 1. The van der Waals surface area contributed by atoms with E-state index in [1.54, 1.807) is 25.2 Å². The molecule has 0 aliphatic heterocycles. The molecule has 0 aromatic carbocycles. The summed E-state index contributed by atoms with van der Waals surface area (Å²) in [6, 6.07) is 3.75. The van der Waals surface area contributed by atoms with Gasteiger partial charge in [0, 0.05) is 4.88 Å². The molecule has 3 aromatic heterocycles. The van der Waals surface area contributed by atoms with Crippen molar-refractivity contribution >= 4 is 34.3 Å². The number of furan rings is 1. The Morgan fingerprint density at radius 2 is 2.14 bits per heavy atom. The number of carbonyl (C=O) groups excluding carboxylic acids is 2. The number of aromatic nitrogens is 2. The van der Waals surface area contributed by atoms with Crippen LogP contribution in [0.25, 0.3) is 11.1 Å². The maximum Gasteiger partial charge on any atom is 0.342 e. The number of thiophene rings is 1. The molecule has 3 aromatic rings. The fraction of sp³-hybridized carbons (Fsp3) is 0.400. The van der Waals surface area contributed by atoms with E-state index in [1.165, 1.54) is 10.9 Å². The lowest BCUT2D eigenvalue weighted by Gasteiger charge is -2.21. The molecule has 154 valence electrons. The average Bonchev–Trinajstić information content (AvgIpc) is 3.29.